The lowest BCUT2D eigenvalue weighted by Crippen LogP contribution is -2.26. The van der Waals surface area contributed by atoms with Gasteiger partial charge in [0.1, 0.15) is 0 Å². The topological polar surface area (TPSA) is 64.5 Å². The number of hydrogen-bond acceptors (Lipinski definition) is 6. The Balaban J connectivity index is 1.30. The van der Waals surface area contributed by atoms with Crippen molar-refractivity contribution in [3.05, 3.63) is 47.5 Å². The van der Waals surface area contributed by atoms with Crippen molar-refractivity contribution in [2.24, 2.45) is 17.8 Å². The van der Waals surface area contributed by atoms with Crippen LogP contribution in [0.4, 0.5) is 17.3 Å². The van der Waals surface area contributed by atoms with Gasteiger partial charge in [-0.1, -0.05) is 13.8 Å². The highest BCUT2D eigenvalue weighted by molar-refractivity contribution is 5.71. The van der Waals surface area contributed by atoms with Gasteiger partial charge in [0.25, 0.3) is 0 Å². The third-order valence-electron chi connectivity index (χ3n) is 6.80. The molecule has 2 saturated heterocycles. The smallest absolute Gasteiger partial charge is 0.227 e. The van der Waals surface area contributed by atoms with E-state index < -0.39 is 0 Å². The summed E-state index contributed by atoms with van der Waals surface area (Å²) >= 11 is 0. The quantitative estimate of drug-likeness (QED) is 0.799. The maximum Gasteiger partial charge on any atom is 0.227 e. The largest absolute Gasteiger partial charge is 0.512 e. The molecule has 5 rings (SSSR count). The molecule has 1 aromatic carbocycles. The molecule has 0 saturated carbocycles. The van der Waals surface area contributed by atoms with Crippen molar-refractivity contribution in [3.63, 3.8) is 0 Å². The Labute approximate surface area is 178 Å². The zero-order chi connectivity index (χ0) is 20.8. The highest BCUT2D eigenvalue weighted by Crippen LogP contribution is 2.35. The summed E-state index contributed by atoms with van der Waals surface area (Å²) in [6, 6.07) is 8.59. The molecule has 1 aliphatic carbocycles. The fraction of sp³-hybridized carbons (Fsp3) is 0.500. The van der Waals surface area contributed by atoms with Gasteiger partial charge in [0.2, 0.25) is 5.95 Å². The maximum absolute atomic E-state index is 10.4. The highest BCUT2D eigenvalue weighted by Gasteiger charge is 2.38. The number of aliphatic hydroxyl groups excluding tert-OH is 1. The predicted molar refractivity (Wildman–Crippen MR) is 121 cm³/mol. The monoisotopic (exact) mass is 405 g/mol. The van der Waals surface area contributed by atoms with Crippen LogP contribution in [0.25, 0.3) is 5.57 Å². The maximum atomic E-state index is 10.4. The molecule has 0 spiro atoms. The second kappa shape index (κ2) is 7.58. The molecule has 2 unspecified atom stereocenters. The van der Waals surface area contributed by atoms with Crippen LogP contribution in [0.3, 0.4) is 0 Å². The predicted octanol–water partition coefficient (Wildman–Crippen LogP) is 4.09. The standard InChI is InChI=1S/C24H31N5O/c1-15(2)22-21(30)9-4-16-10-25-24(27-23(16)22)26-19-5-7-20(8-6-19)29-13-17-11-28(3)12-18(17)14-29/h5-8,10,15,17-18,30H,4,9,11-14H2,1-3H3,(H,25,26,27). The van der Waals surface area contributed by atoms with Gasteiger partial charge >= 0.3 is 0 Å². The van der Waals surface area contributed by atoms with Gasteiger partial charge in [-0.25, -0.2) is 9.97 Å². The molecule has 6 nitrogen and oxygen atoms in total. The zero-order valence-electron chi connectivity index (χ0n) is 18.1. The van der Waals surface area contributed by atoms with E-state index in [1.165, 1.54) is 18.8 Å². The summed E-state index contributed by atoms with van der Waals surface area (Å²) < 4.78 is 0. The lowest BCUT2D eigenvalue weighted by molar-refractivity contribution is 0.383. The molecule has 2 N–H and O–H groups in total. The van der Waals surface area contributed by atoms with E-state index in [4.69, 9.17) is 4.98 Å². The molecule has 0 amide bonds. The van der Waals surface area contributed by atoms with Crippen molar-refractivity contribution in [2.75, 3.05) is 43.4 Å². The van der Waals surface area contributed by atoms with Gasteiger partial charge in [-0.05, 0) is 61.1 Å². The van der Waals surface area contributed by atoms with Crippen LogP contribution in [0.15, 0.2) is 36.2 Å². The van der Waals surface area contributed by atoms with E-state index in [0.29, 0.717) is 18.1 Å². The first-order valence-electron chi connectivity index (χ1n) is 11.1. The number of aryl methyl sites for hydroxylation is 1. The van der Waals surface area contributed by atoms with Gasteiger partial charge < -0.3 is 20.2 Å². The molecule has 158 valence electrons. The van der Waals surface area contributed by atoms with E-state index in [9.17, 15) is 5.11 Å². The number of rotatable bonds is 4. The third-order valence-corrected chi connectivity index (χ3v) is 6.80. The molecule has 1 aromatic heterocycles. The van der Waals surface area contributed by atoms with Crippen LogP contribution < -0.4 is 10.2 Å². The lowest BCUT2D eigenvalue weighted by atomic mass is 9.88. The summed E-state index contributed by atoms with van der Waals surface area (Å²) in [7, 11) is 2.23. The van der Waals surface area contributed by atoms with Crippen molar-refractivity contribution in [3.8, 4) is 0 Å². The van der Waals surface area contributed by atoms with Crippen LogP contribution in [0.1, 0.15) is 31.5 Å². The number of anilines is 3. The fourth-order valence-corrected chi connectivity index (χ4v) is 5.34. The molecular formula is C24H31N5O. The molecule has 6 heteroatoms. The number of likely N-dealkylation sites (tertiary alicyclic amines) is 1. The molecular weight excluding hydrogens is 374 g/mol. The molecule has 2 aliphatic heterocycles. The summed E-state index contributed by atoms with van der Waals surface area (Å²) in [4.78, 5) is 14.2. The number of benzene rings is 1. The van der Waals surface area contributed by atoms with E-state index in [-0.39, 0.29) is 5.92 Å². The normalized spacial score (nSPS) is 23.8. The van der Waals surface area contributed by atoms with Crippen LogP contribution in [-0.4, -0.2) is 53.2 Å². The summed E-state index contributed by atoms with van der Waals surface area (Å²) in [5, 5.41) is 13.7. The number of fused-ring (bicyclic) bond motifs is 2. The number of aliphatic hydroxyl groups is 1. The van der Waals surface area contributed by atoms with Crippen molar-refractivity contribution >= 4 is 22.9 Å². The molecule has 2 fully saturated rings. The van der Waals surface area contributed by atoms with Crippen LogP contribution in [0.5, 0.6) is 0 Å². The van der Waals surface area contributed by atoms with Gasteiger partial charge in [0.15, 0.2) is 0 Å². The average molecular weight is 406 g/mol. The molecule has 30 heavy (non-hydrogen) atoms. The van der Waals surface area contributed by atoms with Gasteiger partial charge in [-0.15, -0.1) is 0 Å². The fourth-order valence-electron chi connectivity index (χ4n) is 5.34. The highest BCUT2D eigenvalue weighted by atomic mass is 16.3. The SMILES string of the molecule is CC(C)C1=C(O)CCc2cnc(Nc3ccc(N4CC5CN(C)CC5C4)cc3)nc21. The number of allylic oxidation sites excluding steroid dienone is 2. The van der Waals surface area contributed by atoms with E-state index in [0.717, 1.165) is 53.9 Å². The molecule has 0 bridgehead atoms. The van der Waals surface area contributed by atoms with Gasteiger partial charge in [0.05, 0.1) is 11.5 Å². The number of nitrogens with one attached hydrogen (secondary N) is 1. The first-order valence-corrected chi connectivity index (χ1v) is 11.1. The summed E-state index contributed by atoms with van der Waals surface area (Å²) in [6.45, 7) is 8.95. The number of nitrogens with zero attached hydrogens (tertiary/aromatic N) is 4. The Bertz CT molecular complexity index is 954. The number of hydrogen-bond donors (Lipinski definition) is 2. The van der Waals surface area contributed by atoms with E-state index >= 15 is 0 Å². The van der Waals surface area contributed by atoms with Gasteiger partial charge in [-0.2, -0.15) is 0 Å². The average Bonchev–Trinajstić information content (AvgIpc) is 3.25. The third kappa shape index (κ3) is 3.54. The molecule has 0 radical (unpaired) electrons. The van der Waals surface area contributed by atoms with Crippen molar-refractivity contribution in [1.29, 1.82) is 0 Å². The summed E-state index contributed by atoms with van der Waals surface area (Å²) in [5.41, 5.74) is 5.22. The Morgan fingerprint density at radius 3 is 2.40 bits per heavy atom. The summed E-state index contributed by atoms with van der Waals surface area (Å²) in [5.74, 6) is 2.87. The zero-order valence-corrected chi connectivity index (χ0v) is 18.1. The number of aromatic nitrogens is 2. The van der Waals surface area contributed by atoms with E-state index in [1.807, 2.05) is 6.20 Å². The lowest BCUT2D eigenvalue weighted by Gasteiger charge is -2.22. The van der Waals surface area contributed by atoms with E-state index in [2.05, 4.69) is 65.3 Å². The van der Waals surface area contributed by atoms with Crippen molar-refractivity contribution in [1.82, 2.24) is 14.9 Å². The molecule has 3 heterocycles. The minimum atomic E-state index is 0.228. The Hall–Kier alpha value is -2.60. The first-order chi connectivity index (χ1) is 14.5. The Morgan fingerprint density at radius 1 is 1.03 bits per heavy atom. The molecule has 3 aliphatic rings. The Morgan fingerprint density at radius 2 is 1.73 bits per heavy atom. The van der Waals surface area contributed by atoms with Crippen LogP contribution >= 0.6 is 0 Å². The summed E-state index contributed by atoms with van der Waals surface area (Å²) in [6.07, 6.45) is 3.36. The minimum absolute atomic E-state index is 0.228. The van der Waals surface area contributed by atoms with Gasteiger partial charge in [-0.3, -0.25) is 0 Å². The second-order valence-electron chi connectivity index (χ2n) is 9.40. The minimum Gasteiger partial charge on any atom is -0.512 e. The molecule has 2 atom stereocenters. The van der Waals surface area contributed by atoms with Gasteiger partial charge in [0, 0.05) is 55.7 Å². The van der Waals surface area contributed by atoms with Crippen molar-refractivity contribution < 1.29 is 5.11 Å². The van der Waals surface area contributed by atoms with Crippen LogP contribution in [0.2, 0.25) is 0 Å². The molecule has 2 aromatic rings. The van der Waals surface area contributed by atoms with E-state index in [1.54, 1.807) is 0 Å². The second-order valence-corrected chi connectivity index (χ2v) is 9.40. The van der Waals surface area contributed by atoms with Crippen LogP contribution in [0, 0.1) is 17.8 Å². The first kappa shape index (κ1) is 19.4. The van der Waals surface area contributed by atoms with Crippen LogP contribution in [-0.2, 0) is 6.42 Å². The Kier molecular flexibility index (Phi) is 4.89. The van der Waals surface area contributed by atoms with Crippen molar-refractivity contribution in [2.45, 2.75) is 26.7 Å².